The molecule has 108 valence electrons. The van der Waals surface area contributed by atoms with Crippen LogP contribution < -0.4 is 10.6 Å². The first-order valence-electron chi connectivity index (χ1n) is 7.01. The normalized spacial score (nSPS) is 14.8. The van der Waals surface area contributed by atoms with Crippen LogP contribution in [-0.4, -0.2) is 17.9 Å². The Morgan fingerprint density at radius 1 is 1.10 bits per heavy atom. The minimum Gasteiger partial charge on any atom is -0.352 e. The van der Waals surface area contributed by atoms with Gasteiger partial charge in [0.1, 0.15) is 5.41 Å². The van der Waals surface area contributed by atoms with Crippen LogP contribution in [0.15, 0.2) is 18.2 Å². The molecule has 0 aliphatic heterocycles. The van der Waals surface area contributed by atoms with Gasteiger partial charge in [-0.3, -0.25) is 9.59 Å². The first-order valence-corrected chi connectivity index (χ1v) is 7.01. The van der Waals surface area contributed by atoms with E-state index in [4.69, 9.17) is 0 Å². The van der Waals surface area contributed by atoms with Crippen molar-refractivity contribution in [1.29, 1.82) is 0 Å². The lowest BCUT2D eigenvalue weighted by Crippen LogP contribution is -2.46. The Labute approximate surface area is 119 Å². The summed E-state index contributed by atoms with van der Waals surface area (Å²) < 4.78 is 0. The van der Waals surface area contributed by atoms with Crippen LogP contribution in [0.2, 0.25) is 0 Å². The van der Waals surface area contributed by atoms with Crippen molar-refractivity contribution in [2.24, 2.45) is 5.41 Å². The third kappa shape index (κ3) is 3.00. The predicted octanol–water partition coefficient (Wildman–Crippen LogP) is 2.55. The van der Waals surface area contributed by atoms with Crippen LogP contribution in [0.25, 0.3) is 0 Å². The van der Waals surface area contributed by atoms with Gasteiger partial charge in [-0.2, -0.15) is 0 Å². The van der Waals surface area contributed by atoms with Crippen molar-refractivity contribution in [2.75, 3.05) is 5.32 Å². The van der Waals surface area contributed by atoms with Gasteiger partial charge in [0.25, 0.3) is 0 Å². The molecule has 0 unspecified atom stereocenters. The average Bonchev–Trinajstić information content (AvgIpc) is 3.17. The molecule has 0 spiro atoms. The Morgan fingerprint density at radius 3 is 2.15 bits per heavy atom. The van der Waals surface area contributed by atoms with Crippen molar-refractivity contribution < 1.29 is 9.59 Å². The van der Waals surface area contributed by atoms with Gasteiger partial charge in [0.05, 0.1) is 0 Å². The van der Waals surface area contributed by atoms with Crippen molar-refractivity contribution in [3.05, 3.63) is 29.3 Å². The van der Waals surface area contributed by atoms with Gasteiger partial charge in [-0.05, 0) is 51.7 Å². The smallest absolute Gasteiger partial charge is 0.239 e. The Balaban J connectivity index is 2.11. The lowest BCUT2D eigenvalue weighted by Gasteiger charge is -2.23. The fourth-order valence-corrected chi connectivity index (χ4v) is 1.98. The highest BCUT2D eigenvalue weighted by Gasteiger charge is 2.39. The van der Waals surface area contributed by atoms with Crippen LogP contribution in [0.3, 0.4) is 0 Å². The Kier molecular flexibility index (Phi) is 3.84. The summed E-state index contributed by atoms with van der Waals surface area (Å²) in [5, 5.41) is 5.78. The molecule has 0 aromatic heterocycles. The van der Waals surface area contributed by atoms with Gasteiger partial charge in [0.2, 0.25) is 11.8 Å². The number of hydrogen-bond acceptors (Lipinski definition) is 2. The molecule has 1 aromatic carbocycles. The van der Waals surface area contributed by atoms with E-state index in [0.29, 0.717) is 0 Å². The molecule has 0 bridgehead atoms. The summed E-state index contributed by atoms with van der Waals surface area (Å²) in [7, 11) is 0. The van der Waals surface area contributed by atoms with Crippen molar-refractivity contribution in [3.63, 3.8) is 0 Å². The van der Waals surface area contributed by atoms with Crippen LogP contribution in [0.5, 0.6) is 0 Å². The molecule has 0 atom stereocenters. The SMILES string of the molecule is Cc1cccc(C)c1NC(=O)C(C)(C)C(=O)NC1CC1. The molecule has 1 fully saturated rings. The van der Waals surface area contributed by atoms with Crippen LogP contribution in [0, 0.1) is 19.3 Å². The third-order valence-electron chi connectivity index (χ3n) is 3.77. The molecule has 4 nitrogen and oxygen atoms in total. The Hall–Kier alpha value is -1.84. The van der Waals surface area contributed by atoms with Gasteiger partial charge in [0.15, 0.2) is 0 Å². The van der Waals surface area contributed by atoms with Gasteiger partial charge in [-0.1, -0.05) is 18.2 Å². The van der Waals surface area contributed by atoms with E-state index in [9.17, 15) is 9.59 Å². The van der Waals surface area contributed by atoms with E-state index in [1.54, 1.807) is 13.8 Å². The first kappa shape index (κ1) is 14.6. The van der Waals surface area contributed by atoms with E-state index >= 15 is 0 Å². The predicted molar refractivity (Wildman–Crippen MR) is 79.5 cm³/mol. The molecular weight excluding hydrogens is 252 g/mol. The third-order valence-corrected chi connectivity index (χ3v) is 3.77. The van der Waals surface area contributed by atoms with E-state index in [-0.39, 0.29) is 17.9 Å². The Morgan fingerprint density at radius 2 is 1.65 bits per heavy atom. The summed E-state index contributed by atoms with van der Waals surface area (Å²) in [6.45, 7) is 7.21. The molecule has 1 aromatic rings. The lowest BCUT2D eigenvalue weighted by atomic mass is 9.90. The molecular formula is C16H22N2O2. The number of amides is 2. The van der Waals surface area contributed by atoms with Crippen LogP contribution in [0.1, 0.15) is 37.8 Å². The number of rotatable bonds is 4. The van der Waals surface area contributed by atoms with E-state index in [1.807, 2.05) is 32.0 Å². The zero-order valence-electron chi connectivity index (χ0n) is 12.5. The molecule has 0 radical (unpaired) electrons. The zero-order valence-corrected chi connectivity index (χ0v) is 12.5. The fourth-order valence-electron chi connectivity index (χ4n) is 1.98. The van der Waals surface area contributed by atoms with Gasteiger partial charge >= 0.3 is 0 Å². The maximum Gasteiger partial charge on any atom is 0.239 e. The number of aryl methyl sites for hydroxylation is 2. The summed E-state index contributed by atoms with van der Waals surface area (Å²) in [6.07, 6.45) is 2.03. The van der Waals surface area contributed by atoms with E-state index in [0.717, 1.165) is 29.7 Å². The standard InChI is InChI=1S/C16H22N2O2/c1-10-6-5-7-11(2)13(10)18-15(20)16(3,4)14(19)17-12-8-9-12/h5-7,12H,8-9H2,1-4H3,(H,17,19)(H,18,20). The second-order valence-corrected chi connectivity index (χ2v) is 6.09. The molecule has 1 saturated carbocycles. The molecule has 0 heterocycles. The first-order chi connectivity index (χ1) is 9.32. The van der Waals surface area contributed by atoms with Gasteiger partial charge < -0.3 is 10.6 Å². The summed E-state index contributed by atoms with van der Waals surface area (Å²) >= 11 is 0. The second kappa shape index (κ2) is 5.27. The van der Waals surface area contributed by atoms with Crippen molar-refractivity contribution in [2.45, 2.75) is 46.6 Å². The van der Waals surface area contributed by atoms with Crippen molar-refractivity contribution in [3.8, 4) is 0 Å². The summed E-state index contributed by atoms with van der Waals surface area (Å²) in [6, 6.07) is 6.10. The number of benzene rings is 1. The largest absolute Gasteiger partial charge is 0.352 e. The summed E-state index contributed by atoms with van der Waals surface area (Å²) in [4.78, 5) is 24.6. The molecule has 1 aliphatic rings. The molecule has 1 aliphatic carbocycles. The maximum atomic E-state index is 12.4. The Bertz CT molecular complexity index is 525. The molecule has 2 amide bonds. The molecule has 2 rings (SSSR count). The van der Waals surface area contributed by atoms with Crippen LogP contribution in [0.4, 0.5) is 5.69 Å². The number of carbonyl (C=O) groups excluding carboxylic acids is 2. The van der Waals surface area contributed by atoms with E-state index < -0.39 is 5.41 Å². The maximum absolute atomic E-state index is 12.4. The summed E-state index contributed by atoms with van der Waals surface area (Å²) in [5.41, 5.74) is 1.72. The number of anilines is 1. The van der Waals surface area contributed by atoms with Crippen LogP contribution >= 0.6 is 0 Å². The average molecular weight is 274 g/mol. The molecule has 2 N–H and O–H groups in total. The quantitative estimate of drug-likeness (QED) is 0.829. The molecule has 20 heavy (non-hydrogen) atoms. The number of carbonyl (C=O) groups is 2. The van der Waals surface area contributed by atoms with Crippen LogP contribution in [-0.2, 0) is 9.59 Å². The number of para-hydroxylation sites is 1. The zero-order chi connectivity index (χ0) is 14.9. The molecule has 0 saturated heterocycles. The lowest BCUT2D eigenvalue weighted by molar-refractivity contribution is -0.138. The minimum atomic E-state index is -1.07. The number of hydrogen-bond donors (Lipinski definition) is 2. The van der Waals surface area contributed by atoms with Gasteiger partial charge in [-0.15, -0.1) is 0 Å². The number of nitrogens with one attached hydrogen (secondary N) is 2. The second-order valence-electron chi connectivity index (χ2n) is 6.09. The van der Waals surface area contributed by atoms with Gasteiger partial charge in [-0.25, -0.2) is 0 Å². The van der Waals surface area contributed by atoms with Crippen molar-refractivity contribution in [1.82, 2.24) is 5.32 Å². The summed E-state index contributed by atoms with van der Waals surface area (Å²) in [5.74, 6) is -0.475. The topological polar surface area (TPSA) is 58.2 Å². The minimum absolute atomic E-state index is 0.205. The highest BCUT2D eigenvalue weighted by atomic mass is 16.2. The molecule has 4 heteroatoms. The van der Waals surface area contributed by atoms with E-state index in [2.05, 4.69) is 10.6 Å². The van der Waals surface area contributed by atoms with Crippen molar-refractivity contribution >= 4 is 17.5 Å². The monoisotopic (exact) mass is 274 g/mol. The van der Waals surface area contributed by atoms with Gasteiger partial charge in [0, 0.05) is 11.7 Å². The fraction of sp³-hybridized carbons (Fsp3) is 0.500. The van der Waals surface area contributed by atoms with E-state index in [1.165, 1.54) is 0 Å². The highest BCUT2D eigenvalue weighted by molar-refractivity contribution is 6.10. The highest BCUT2D eigenvalue weighted by Crippen LogP contribution is 2.26.